The van der Waals surface area contributed by atoms with Crippen molar-refractivity contribution in [2.45, 2.75) is 64.4 Å². The second kappa shape index (κ2) is 7.24. The average molecular weight is 405 g/mol. The second-order valence-corrected chi connectivity index (χ2v) is 9.70. The maximum Gasteiger partial charge on any atom is 0.268 e. The number of rotatable bonds is 6. The van der Waals surface area contributed by atoms with E-state index in [1.54, 1.807) is 13.8 Å². The van der Waals surface area contributed by atoms with Crippen LogP contribution in [0, 0.1) is 13.8 Å². The number of hydrogen-bond donors (Lipinski definition) is 1. The quantitative estimate of drug-likeness (QED) is 0.802. The number of nitrogens with zero attached hydrogens (tertiary/aromatic N) is 3. The maximum atomic E-state index is 13.4. The molecule has 2 aromatic rings. The van der Waals surface area contributed by atoms with Gasteiger partial charge >= 0.3 is 0 Å². The summed E-state index contributed by atoms with van der Waals surface area (Å²) in [7, 11) is -3.75. The topological polar surface area (TPSA) is 84.3 Å². The van der Waals surface area contributed by atoms with Gasteiger partial charge in [0.2, 0.25) is 5.91 Å². The molecule has 2 heterocycles. The summed E-state index contributed by atoms with van der Waals surface area (Å²) < 4.78 is 29.7. The highest BCUT2D eigenvalue weighted by molar-refractivity contribution is 7.93. The number of benzene rings is 1. The molecular formula is C20H28N4O3S. The molecule has 3 rings (SSSR count). The lowest BCUT2D eigenvalue weighted by atomic mass is 10.0. The van der Waals surface area contributed by atoms with E-state index in [4.69, 9.17) is 0 Å². The standard InChI is InChI=1S/C20H28N4O3S/c1-6-20(4,5)21-18(25)13-23-15(3)19(14(2)22-23)28(26,27)24-12-11-16-9-7-8-10-17(16)24/h7-10H,6,11-13H2,1-5H3,(H,21,25). The highest BCUT2D eigenvalue weighted by atomic mass is 32.2. The Hall–Kier alpha value is -2.35. The number of hydrogen-bond acceptors (Lipinski definition) is 4. The van der Waals surface area contributed by atoms with Crippen LogP contribution in [0.15, 0.2) is 29.2 Å². The minimum Gasteiger partial charge on any atom is -0.350 e. The summed E-state index contributed by atoms with van der Waals surface area (Å²) in [6.07, 6.45) is 1.49. The zero-order chi connectivity index (χ0) is 20.7. The Labute approximate surface area is 166 Å². The van der Waals surface area contributed by atoms with Crippen LogP contribution in [0.25, 0.3) is 0 Å². The van der Waals surface area contributed by atoms with Crippen LogP contribution in [0.3, 0.4) is 0 Å². The molecule has 1 aromatic carbocycles. The van der Waals surface area contributed by atoms with Crippen LogP contribution < -0.4 is 9.62 Å². The lowest BCUT2D eigenvalue weighted by molar-refractivity contribution is -0.123. The first kappa shape index (κ1) is 20.4. The Morgan fingerprint density at radius 3 is 2.61 bits per heavy atom. The molecule has 7 nitrogen and oxygen atoms in total. The first-order valence-corrected chi connectivity index (χ1v) is 11.0. The predicted octanol–water partition coefficient (Wildman–Crippen LogP) is 2.56. The van der Waals surface area contributed by atoms with Crippen LogP contribution in [0.2, 0.25) is 0 Å². The molecule has 28 heavy (non-hydrogen) atoms. The number of nitrogens with one attached hydrogen (secondary N) is 1. The predicted molar refractivity (Wildman–Crippen MR) is 109 cm³/mol. The molecule has 1 N–H and O–H groups in total. The van der Waals surface area contributed by atoms with E-state index in [0.717, 1.165) is 17.7 Å². The van der Waals surface area contributed by atoms with Crippen molar-refractivity contribution in [2.24, 2.45) is 0 Å². The van der Waals surface area contributed by atoms with Crippen molar-refractivity contribution in [3.63, 3.8) is 0 Å². The van der Waals surface area contributed by atoms with Gasteiger partial charge in [-0.2, -0.15) is 5.10 Å². The van der Waals surface area contributed by atoms with Gasteiger partial charge in [0.25, 0.3) is 10.0 Å². The first-order valence-electron chi connectivity index (χ1n) is 9.52. The summed E-state index contributed by atoms with van der Waals surface area (Å²) in [5.74, 6) is -0.187. The molecule has 0 bridgehead atoms. The van der Waals surface area contributed by atoms with Crippen molar-refractivity contribution in [2.75, 3.05) is 10.8 Å². The Kier molecular flexibility index (Phi) is 5.27. The van der Waals surface area contributed by atoms with Crippen LogP contribution in [-0.2, 0) is 27.8 Å². The monoisotopic (exact) mass is 404 g/mol. The van der Waals surface area contributed by atoms with Gasteiger partial charge in [0.05, 0.1) is 17.1 Å². The molecule has 1 aliphatic heterocycles. The van der Waals surface area contributed by atoms with Crippen molar-refractivity contribution >= 4 is 21.6 Å². The normalized spacial score (nSPS) is 14.2. The molecule has 0 fully saturated rings. The summed E-state index contributed by atoms with van der Waals surface area (Å²) in [6, 6.07) is 7.54. The van der Waals surface area contributed by atoms with Crippen molar-refractivity contribution in [1.82, 2.24) is 15.1 Å². The zero-order valence-corrected chi connectivity index (χ0v) is 17.9. The summed E-state index contributed by atoms with van der Waals surface area (Å²) in [6.45, 7) is 9.68. The van der Waals surface area contributed by atoms with E-state index in [1.807, 2.05) is 45.0 Å². The molecule has 0 saturated heterocycles. The molecule has 1 aromatic heterocycles. The van der Waals surface area contributed by atoms with Crippen LogP contribution >= 0.6 is 0 Å². The molecule has 8 heteroatoms. The van der Waals surface area contributed by atoms with Gasteiger partial charge < -0.3 is 5.32 Å². The summed E-state index contributed by atoms with van der Waals surface area (Å²) in [5.41, 5.74) is 2.31. The highest BCUT2D eigenvalue weighted by Gasteiger charge is 2.35. The van der Waals surface area contributed by atoms with Gasteiger partial charge in [0, 0.05) is 12.1 Å². The van der Waals surface area contributed by atoms with E-state index >= 15 is 0 Å². The molecule has 0 aliphatic carbocycles. The summed E-state index contributed by atoms with van der Waals surface area (Å²) in [4.78, 5) is 12.6. The Balaban J connectivity index is 1.91. The van der Waals surface area contributed by atoms with E-state index < -0.39 is 10.0 Å². The molecule has 0 saturated carbocycles. The molecule has 0 atom stereocenters. The Bertz CT molecular complexity index is 1010. The van der Waals surface area contributed by atoms with E-state index in [9.17, 15) is 13.2 Å². The van der Waals surface area contributed by atoms with Gasteiger partial charge in [-0.15, -0.1) is 0 Å². The van der Waals surface area contributed by atoms with Crippen molar-refractivity contribution in [3.8, 4) is 0 Å². The fraction of sp³-hybridized carbons (Fsp3) is 0.500. The third-order valence-corrected chi connectivity index (χ3v) is 7.43. The van der Waals surface area contributed by atoms with Gasteiger partial charge in [-0.3, -0.25) is 13.8 Å². The van der Waals surface area contributed by atoms with Gasteiger partial charge in [-0.05, 0) is 52.2 Å². The average Bonchev–Trinajstić information content (AvgIpc) is 3.16. The molecule has 0 unspecified atom stereocenters. The number of para-hydroxylation sites is 1. The van der Waals surface area contributed by atoms with Crippen LogP contribution in [0.5, 0.6) is 0 Å². The number of anilines is 1. The fourth-order valence-corrected chi connectivity index (χ4v) is 5.40. The van der Waals surface area contributed by atoms with Crippen LogP contribution in [0.4, 0.5) is 5.69 Å². The SMILES string of the molecule is CCC(C)(C)NC(=O)Cn1nc(C)c(S(=O)(=O)N2CCc3ccccc32)c1C. The third kappa shape index (κ3) is 3.65. The highest BCUT2D eigenvalue weighted by Crippen LogP contribution is 2.34. The van der Waals surface area contributed by atoms with Gasteiger partial charge in [-0.25, -0.2) is 8.42 Å². The fourth-order valence-electron chi connectivity index (χ4n) is 3.52. The second-order valence-electron chi connectivity index (χ2n) is 7.90. The minimum atomic E-state index is -3.75. The molecule has 0 spiro atoms. The summed E-state index contributed by atoms with van der Waals surface area (Å²) >= 11 is 0. The first-order chi connectivity index (χ1) is 13.1. The number of aromatic nitrogens is 2. The van der Waals surface area contributed by atoms with Gasteiger partial charge in [0.1, 0.15) is 11.4 Å². The summed E-state index contributed by atoms with van der Waals surface area (Å²) in [5, 5.41) is 7.31. The van der Waals surface area contributed by atoms with Crippen LogP contribution in [0.1, 0.15) is 44.1 Å². The van der Waals surface area contributed by atoms with Gasteiger partial charge in [0.15, 0.2) is 0 Å². The number of amides is 1. The number of carbonyl (C=O) groups is 1. The molecule has 1 aliphatic rings. The van der Waals surface area contributed by atoms with E-state index in [2.05, 4.69) is 10.4 Å². The molecule has 0 radical (unpaired) electrons. The Morgan fingerprint density at radius 1 is 1.25 bits per heavy atom. The zero-order valence-electron chi connectivity index (χ0n) is 17.1. The molecule has 152 valence electrons. The third-order valence-electron chi connectivity index (χ3n) is 5.36. The van der Waals surface area contributed by atoms with Gasteiger partial charge in [-0.1, -0.05) is 25.1 Å². The number of aryl methyl sites for hydroxylation is 1. The Morgan fingerprint density at radius 2 is 1.93 bits per heavy atom. The van der Waals surface area contributed by atoms with Crippen molar-refractivity contribution < 1.29 is 13.2 Å². The van der Waals surface area contributed by atoms with E-state index in [1.165, 1.54) is 8.99 Å². The number of sulfonamides is 1. The largest absolute Gasteiger partial charge is 0.350 e. The maximum absolute atomic E-state index is 13.4. The smallest absolute Gasteiger partial charge is 0.268 e. The van der Waals surface area contributed by atoms with E-state index in [0.29, 0.717) is 24.4 Å². The van der Waals surface area contributed by atoms with Crippen molar-refractivity contribution in [3.05, 3.63) is 41.2 Å². The minimum absolute atomic E-state index is 0.0117. The van der Waals surface area contributed by atoms with Crippen molar-refractivity contribution in [1.29, 1.82) is 0 Å². The lowest BCUT2D eigenvalue weighted by Gasteiger charge is -2.24. The molecule has 1 amide bonds. The molecular weight excluding hydrogens is 376 g/mol. The lowest BCUT2D eigenvalue weighted by Crippen LogP contribution is -2.44. The number of fused-ring (bicyclic) bond motifs is 1. The van der Waals surface area contributed by atoms with E-state index in [-0.39, 0.29) is 22.9 Å². The van der Waals surface area contributed by atoms with Crippen LogP contribution in [-0.4, -0.2) is 36.2 Å². The number of carbonyl (C=O) groups excluding carboxylic acids is 1.